The fourth-order valence-corrected chi connectivity index (χ4v) is 5.79. The number of aliphatic imine (C=N–C) groups is 4. The monoisotopic (exact) mass is 886 g/mol. The molecule has 0 fully saturated rings. The summed E-state index contributed by atoms with van der Waals surface area (Å²) in [6.07, 6.45) is 8.89. The Labute approximate surface area is 369 Å². The van der Waals surface area contributed by atoms with E-state index in [9.17, 15) is 19.2 Å². The number of rotatable bonds is 20. The summed E-state index contributed by atoms with van der Waals surface area (Å²) in [4.78, 5) is 66.2. The first-order valence-electron chi connectivity index (χ1n) is 19.6. The lowest BCUT2D eigenvalue weighted by Gasteiger charge is -2.05. The van der Waals surface area contributed by atoms with Gasteiger partial charge in [-0.3, -0.25) is 35.0 Å². The van der Waals surface area contributed by atoms with Gasteiger partial charge in [-0.15, -0.1) is 0 Å². The van der Waals surface area contributed by atoms with Crippen molar-refractivity contribution in [3.05, 3.63) is 71.8 Å². The van der Waals surface area contributed by atoms with E-state index in [2.05, 4.69) is 41.2 Å². The van der Waals surface area contributed by atoms with Crippen LogP contribution in [0.25, 0.3) is 0 Å². The van der Waals surface area contributed by atoms with E-state index in [0.717, 1.165) is 0 Å². The number of hydrogen-bond donors (Lipinski definition) is 13. The Morgan fingerprint density at radius 3 is 1.41 bits per heavy atom. The van der Waals surface area contributed by atoms with Crippen molar-refractivity contribution in [3.63, 3.8) is 0 Å². The lowest BCUT2D eigenvalue weighted by Crippen LogP contribution is -2.27. The smallest absolute Gasteiger partial charge is 0.272 e. The van der Waals surface area contributed by atoms with E-state index in [1.165, 1.54) is 0 Å². The molecule has 0 aromatic carbocycles. The Hall–Kier alpha value is -8.38. The third-order valence-electron chi connectivity index (χ3n) is 8.87. The Kier molecular flexibility index (Phi) is 18.4. The maximum Gasteiger partial charge on any atom is 0.272 e. The van der Waals surface area contributed by atoms with Gasteiger partial charge in [0, 0.05) is 86.0 Å². The molecule has 4 aromatic heterocycles. The highest BCUT2D eigenvalue weighted by molar-refractivity contribution is 6.06. The average molecular weight is 886 g/mol. The van der Waals surface area contributed by atoms with Crippen LogP contribution in [0.3, 0.4) is 0 Å². The first kappa shape index (κ1) is 50.0. The second-order valence-corrected chi connectivity index (χ2v) is 14.4. The number of nitrogens with two attached hydrogens (primary N) is 7. The van der Waals surface area contributed by atoms with Crippen LogP contribution < -0.4 is 61.4 Å². The van der Waals surface area contributed by atoms with Crippen LogP contribution in [-0.4, -0.2) is 104 Å². The third-order valence-corrected chi connectivity index (χ3v) is 8.87. The summed E-state index contributed by atoms with van der Waals surface area (Å²) in [7, 11) is 8.45. The summed E-state index contributed by atoms with van der Waals surface area (Å²) in [5.74, 6) is -0.489. The molecule has 0 radical (unpaired) electrons. The fourth-order valence-electron chi connectivity index (χ4n) is 5.79. The molecule has 0 saturated heterocycles. The first-order chi connectivity index (χ1) is 30.2. The molecular formula is C39H59N21O4. The van der Waals surface area contributed by atoms with Crippen LogP contribution in [0.15, 0.2) is 69.0 Å². The lowest BCUT2D eigenvalue weighted by molar-refractivity contribution is 0.0937. The van der Waals surface area contributed by atoms with Gasteiger partial charge in [0.25, 0.3) is 23.6 Å². The van der Waals surface area contributed by atoms with Crippen molar-refractivity contribution in [2.45, 2.75) is 32.1 Å². The number of nitrogens with zero attached hydrogens (tertiary/aromatic N) is 8. The highest BCUT2D eigenvalue weighted by atomic mass is 16.2. The Balaban J connectivity index is 0.000000340. The van der Waals surface area contributed by atoms with Crippen molar-refractivity contribution in [2.75, 3.05) is 37.3 Å². The average Bonchev–Trinajstić information content (AvgIpc) is 3.98. The molecule has 4 rings (SSSR count). The number of amidine groups is 5. The van der Waals surface area contributed by atoms with Gasteiger partial charge in [-0.05, 0) is 37.1 Å². The van der Waals surface area contributed by atoms with E-state index in [4.69, 9.17) is 51.0 Å². The van der Waals surface area contributed by atoms with Crippen molar-refractivity contribution in [3.8, 4) is 0 Å². The minimum absolute atomic E-state index is 0.0440. The van der Waals surface area contributed by atoms with Crippen LogP contribution in [0.4, 0.5) is 22.7 Å². The largest absolute Gasteiger partial charge is 0.388 e. The van der Waals surface area contributed by atoms with Gasteiger partial charge in [-0.1, -0.05) is 0 Å². The van der Waals surface area contributed by atoms with Gasteiger partial charge in [-0.2, -0.15) is 0 Å². The molecule has 0 aliphatic heterocycles. The van der Waals surface area contributed by atoms with Crippen molar-refractivity contribution in [2.24, 2.45) is 88.3 Å². The SMILES string of the molecule is CN=C(N)CCCNC(=O)c1cc(NC(=O)c2cc(N=C(N)CC(=N)N)cn2C)cn1C.Cn1cc(NC(=O)c2cc(N=C(N)CN=C(N)N)cn2C)cc1C(=O)NCCCC(=N)N. The van der Waals surface area contributed by atoms with Crippen molar-refractivity contribution < 1.29 is 19.2 Å². The number of amides is 4. The normalized spacial score (nSPS) is 11.5. The second-order valence-electron chi connectivity index (χ2n) is 14.4. The molecule has 4 amide bonds. The molecular weight excluding hydrogens is 827 g/mol. The highest BCUT2D eigenvalue weighted by Crippen LogP contribution is 2.21. The third kappa shape index (κ3) is 15.9. The second kappa shape index (κ2) is 23.6. The summed E-state index contributed by atoms with van der Waals surface area (Å²) < 4.78 is 6.46. The van der Waals surface area contributed by atoms with Gasteiger partial charge >= 0.3 is 0 Å². The van der Waals surface area contributed by atoms with E-state index in [1.807, 2.05) is 0 Å². The summed E-state index contributed by atoms with van der Waals surface area (Å²) in [6.45, 7) is 0.897. The summed E-state index contributed by atoms with van der Waals surface area (Å²) in [6, 6.07) is 6.32. The fraction of sp³-hybridized carbons (Fsp3) is 0.333. The van der Waals surface area contributed by atoms with Crippen molar-refractivity contribution >= 4 is 81.5 Å². The molecule has 64 heavy (non-hydrogen) atoms. The summed E-state index contributed by atoms with van der Waals surface area (Å²) in [5, 5.41) is 25.6. The van der Waals surface area contributed by atoms with Gasteiger partial charge in [0.2, 0.25) is 0 Å². The lowest BCUT2D eigenvalue weighted by atomic mass is 10.3. The molecule has 0 unspecified atom stereocenters. The van der Waals surface area contributed by atoms with E-state index >= 15 is 0 Å². The maximum absolute atomic E-state index is 12.7. The zero-order chi connectivity index (χ0) is 47.7. The Morgan fingerprint density at radius 2 is 0.984 bits per heavy atom. The standard InChI is InChI=1S/C20H30N10O2.C19H29N11O2/c1-25-17(23)5-4-6-26-19(31)14-8-13(11-29(14)2)28-20(32)15-7-12(10-30(15)3)27-18(24)9-16(21)22;1-29-10-12(7-13(29)17(31)25-5-3-4-15(20)21)28-18(32)14-6-11(9-30(14)2)27-16(22)8-26-19(23)24/h7-8,10-11H,4-6,9H2,1-3H3,(H3,21,22)(H2,23,25)(H2,24,27)(H,26,31)(H,28,32);6-7,9-10H,3-5,8H2,1-2H3,(H3,20,21)(H2,22,27)(H,25,31)(H,28,32)(H4,23,24,26). The van der Waals surface area contributed by atoms with E-state index in [0.29, 0.717) is 90.1 Å². The number of aromatic nitrogens is 4. The maximum atomic E-state index is 12.7. The molecule has 4 aromatic rings. The molecule has 0 aliphatic carbocycles. The van der Waals surface area contributed by atoms with Gasteiger partial charge in [0.05, 0.1) is 46.7 Å². The van der Waals surface area contributed by atoms with Gasteiger partial charge in [-0.25, -0.2) is 15.0 Å². The topological polar surface area (TPSA) is 415 Å². The van der Waals surface area contributed by atoms with Gasteiger partial charge < -0.3 is 79.7 Å². The molecule has 0 bridgehead atoms. The minimum atomic E-state index is -0.379. The van der Waals surface area contributed by atoms with Crippen LogP contribution >= 0.6 is 0 Å². The predicted octanol–water partition coefficient (Wildman–Crippen LogP) is -0.248. The quantitative estimate of drug-likeness (QED) is 0.0312. The number of hydrogen-bond acceptors (Lipinski definition) is 10. The summed E-state index contributed by atoms with van der Waals surface area (Å²) in [5.41, 5.74) is 41.7. The van der Waals surface area contributed by atoms with E-state index < -0.39 is 0 Å². The number of aryl methyl sites for hydroxylation is 4. The van der Waals surface area contributed by atoms with Crippen LogP contribution in [0.1, 0.15) is 74.1 Å². The minimum Gasteiger partial charge on any atom is -0.388 e. The number of carbonyl (C=O) groups is 4. The Bertz CT molecular complexity index is 2460. The van der Waals surface area contributed by atoms with Crippen LogP contribution in [0, 0.1) is 10.8 Å². The van der Waals surface area contributed by atoms with Gasteiger partial charge in [0.15, 0.2) is 5.96 Å². The van der Waals surface area contributed by atoms with Crippen molar-refractivity contribution in [1.82, 2.24) is 28.9 Å². The van der Waals surface area contributed by atoms with E-state index in [-0.39, 0.29) is 65.9 Å². The number of nitrogens with one attached hydrogen (secondary N) is 6. The zero-order valence-electron chi connectivity index (χ0n) is 36.5. The van der Waals surface area contributed by atoms with Gasteiger partial charge in [0.1, 0.15) is 41.0 Å². The number of carbonyl (C=O) groups excluding carboxylic acids is 4. The Morgan fingerprint density at radius 1 is 0.562 bits per heavy atom. The number of guanidine groups is 1. The van der Waals surface area contributed by atoms with Crippen LogP contribution in [0.5, 0.6) is 0 Å². The van der Waals surface area contributed by atoms with E-state index in [1.54, 1.807) is 103 Å². The molecule has 0 aliphatic rings. The molecule has 20 N–H and O–H groups in total. The molecule has 4 heterocycles. The van der Waals surface area contributed by atoms with Crippen LogP contribution in [0.2, 0.25) is 0 Å². The highest BCUT2D eigenvalue weighted by Gasteiger charge is 2.18. The molecule has 25 nitrogen and oxygen atoms in total. The predicted molar refractivity (Wildman–Crippen MR) is 250 cm³/mol. The molecule has 0 spiro atoms. The molecule has 25 heteroatoms. The first-order valence-corrected chi connectivity index (χ1v) is 19.6. The van der Waals surface area contributed by atoms with Crippen LogP contribution in [-0.2, 0) is 28.2 Å². The molecule has 344 valence electrons. The zero-order valence-corrected chi connectivity index (χ0v) is 36.5. The molecule has 0 saturated carbocycles. The molecule has 0 atom stereocenters. The number of anilines is 2. The van der Waals surface area contributed by atoms with Crippen molar-refractivity contribution in [1.29, 1.82) is 10.8 Å². The summed E-state index contributed by atoms with van der Waals surface area (Å²) >= 11 is 0.